The summed E-state index contributed by atoms with van der Waals surface area (Å²) in [6.07, 6.45) is -2.76. The lowest BCUT2D eigenvalue weighted by Crippen LogP contribution is -2.17. The summed E-state index contributed by atoms with van der Waals surface area (Å²) < 4.78 is 39.0. The number of benzene rings is 2. The van der Waals surface area contributed by atoms with Gasteiger partial charge in [0.1, 0.15) is 11.4 Å². The Morgan fingerprint density at radius 2 is 1.68 bits per heavy atom. The summed E-state index contributed by atoms with van der Waals surface area (Å²) in [4.78, 5) is 0. The van der Waals surface area contributed by atoms with Gasteiger partial charge >= 0.3 is 6.18 Å². The van der Waals surface area contributed by atoms with Crippen LogP contribution < -0.4 is 11.1 Å². The number of anilines is 2. The Bertz CT molecular complexity index is 880. The van der Waals surface area contributed by atoms with Gasteiger partial charge in [-0.2, -0.15) is 13.2 Å². The smallest absolute Gasteiger partial charge is 0.399 e. The largest absolute Gasteiger partial charge is 0.430 e. The van der Waals surface area contributed by atoms with Crippen molar-refractivity contribution in [2.75, 3.05) is 11.1 Å². The van der Waals surface area contributed by atoms with Crippen molar-refractivity contribution in [2.24, 2.45) is 0 Å². The first kappa shape index (κ1) is 16.6. The third kappa shape index (κ3) is 3.79. The summed E-state index contributed by atoms with van der Waals surface area (Å²) >= 11 is 0. The van der Waals surface area contributed by atoms with Crippen LogP contribution in [-0.4, -0.2) is 21.2 Å². The zero-order valence-electron chi connectivity index (χ0n) is 13.0. The van der Waals surface area contributed by atoms with Gasteiger partial charge in [-0.15, -0.1) is 5.10 Å². The van der Waals surface area contributed by atoms with Crippen molar-refractivity contribution >= 4 is 11.4 Å². The van der Waals surface area contributed by atoms with Gasteiger partial charge in [0.15, 0.2) is 0 Å². The average molecular weight is 345 g/mol. The number of alkyl halides is 3. The Morgan fingerprint density at radius 3 is 2.28 bits per heavy atom. The molecule has 1 aromatic heterocycles. The van der Waals surface area contributed by atoms with E-state index in [2.05, 4.69) is 22.2 Å². The minimum absolute atomic E-state index is 0.282. The fraction of sp³-hybridized carbons (Fsp3) is 0.0588. The van der Waals surface area contributed by atoms with Crippen LogP contribution in [0.15, 0.2) is 67.0 Å². The van der Waals surface area contributed by atoms with Gasteiger partial charge in [0.2, 0.25) is 0 Å². The summed E-state index contributed by atoms with van der Waals surface area (Å²) in [5.74, 6) is 0. The molecule has 0 atom stereocenters. The molecule has 5 nitrogen and oxygen atoms in total. The molecule has 0 spiro atoms. The van der Waals surface area contributed by atoms with E-state index in [9.17, 15) is 13.2 Å². The highest BCUT2D eigenvalue weighted by molar-refractivity contribution is 5.61. The number of hydrogen-bond acceptors (Lipinski definition) is 4. The van der Waals surface area contributed by atoms with Gasteiger partial charge in [-0.05, 0) is 36.4 Å². The lowest BCUT2D eigenvalue weighted by molar-refractivity contribution is -0.0898. The van der Waals surface area contributed by atoms with E-state index < -0.39 is 11.9 Å². The molecule has 0 amide bonds. The fourth-order valence-electron chi connectivity index (χ4n) is 2.12. The van der Waals surface area contributed by atoms with E-state index in [1.807, 2.05) is 12.1 Å². The van der Waals surface area contributed by atoms with E-state index in [1.165, 1.54) is 16.8 Å². The van der Waals surface area contributed by atoms with Gasteiger partial charge in [0, 0.05) is 16.9 Å². The van der Waals surface area contributed by atoms with Crippen molar-refractivity contribution < 1.29 is 13.2 Å². The number of nitrogens with zero attached hydrogens (tertiary/aromatic N) is 3. The lowest BCUT2D eigenvalue weighted by Gasteiger charge is -2.12. The molecule has 2 aromatic carbocycles. The third-order valence-electron chi connectivity index (χ3n) is 3.47. The van der Waals surface area contributed by atoms with Crippen molar-refractivity contribution in [1.29, 1.82) is 0 Å². The summed E-state index contributed by atoms with van der Waals surface area (Å²) in [6, 6.07) is 13.5. The molecule has 3 N–H and O–H groups in total. The van der Waals surface area contributed by atoms with Crippen molar-refractivity contribution in [3.8, 4) is 16.9 Å². The number of nitrogens with one attached hydrogen (secondary N) is 1. The first-order valence-corrected chi connectivity index (χ1v) is 7.25. The van der Waals surface area contributed by atoms with Gasteiger partial charge < -0.3 is 11.1 Å². The Hall–Kier alpha value is -3.29. The van der Waals surface area contributed by atoms with E-state index in [-0.39, 0.29) is 5.69 Å². The third-order valence-corrected chi connectivity index (χ3v) is 3.47. The highest BCUT2D eigenvalue weighted by Crippen LogP contribution is 2.26. The number of nitrogens with two attached hydrogens (primary N) is 1. The van der Waals surface area contributed by atoms with Crippen LogP contribution in [0.3, 0.4) is 0 Å². The van der Waals surface area contributed by atoms with Crippen molar-refractivity contribution in [1.82, 2.24) is 15.0 Å². The van der Waals surface area contributed by atoms with E-state index in [1.54, 1.807) is 30.5 Å². The molecule has 25 heavy (non-hydrogen) atoms. The van der Waals surface area contributed by atoms with E-state index in [0.29, 0.717) is 17.1 Å². The molecular weight excluding hydrogens is 331 g/mol. The summed E-state index contributed by atoms with van der Waals surface area (Å²) in [5.41, 5.74) is 7.75. The first-order chi connectivity index (χ1) is 11.8. The molecule has 0 saturated heterocycles. The number of allylic oxidation sites excluding steroid dienone is 1. The minimum Gasteiger partial charge on any atom is -0.399 e. The second kappa shape index (κ2) is 6.31. The van der Waals surface area contributed by atoms with Gasteiger partial charge in [-0.25, -0.2) is 4.68 Å². The highest BCUT2D eigenvalue weighted by Gasteiger charge is 2.32. The number of halogens is 3. The fourth-order valence-corrected chi connectivity index (χ4v) is 2.12. The molecule has 3 rings (SSSR count). The maximum Gasteiger partial charge on any atom is 0.430 e. The van der Waals surface area contributed by atoms with Gasteiger partial charge in [0.05, 0.1) is 11.9 Å². The maximum atomic E-state index is 12.5. The van der Waals surface area contributed by atoms with Crippen molar-refractivity contribution in [3.05, 3.63) is 67.0 Å². The topological polar surface area (TPSA) is 68.8 Å². The molecule has 1 heterocycles. The van der Waals surface area contributed by atoms with E-state index in [0.717, 1.165) is 5.56 Å². The monoisotopic (exact) mass is 345 g/mol. The van der Waals surface area contributed by atoms with Crippen LogP contribution in [0.5, 0.6) is 0 Å². The number of hydrogen-bond donors (Lipinski definition) is 2. The second-order valence-corrected chi connectivity index (χ2v) is 5.32. The predicted octanol–water partition coefficient (Wildman–Crippen LogP) is 4.00. The molecule has 3 aromatic rings. The zero-order chi connectivity index (χ0) is 18.0. The standard InChI is InChI=1S/C17H14F3N5/c1-11(17(18,19)20)22-14-6-8-15(9-7-14)25-10-16(23-24-25)12-2-4-13(21)5-3-12/h2-10,22H,1,21H2. The number of nitrogen functional groups attached to an aromatic ring is 1. The SMILES string of the molecule is C=C(Nc1ccc(-n2cc(-c3ccc(N)cc3)nn2)cc1)C(F)(F)F. The molecule has 0 unspecified atom stereocenters. The van der Waals surface area contributed by atoms with Crippen LogP contribution >= 0.6 is 0 Å². The molecule has 0 radical (unpaired) electrons. The summed E-state index contributed by atoms with van der Waals surface area (Å²) in [5, 5.41) is 10.3. The minimum atomic E-state index is -4.49. The molecule has 0 aliphatic carbocycles. The van der Waals surface area contributed by atoms with Crippen LogP contribution in [0.1, 0.15) is 0 Å². The van der Waals surface area contributed by atoms with Crippen LogP contribution in [0, 0.1) is 0 Å². The average Bonchev–Trinajstić information content (AvgIpc) is 3.05. The van der Waals surface area contributed by atoms with Gasteiger partial charge in [-0.3, -0.25) is 0 Å². The Morgan fingerprint density at radius 1 is 1.04 bits per heavy atom. The van der Waals surface area contributed by atoms with Crippen LogP contribution in [0.2, 0.25) is 0 Å². The zero-order valence-corrected chi connectivity index (χ0v) is 13.0. The van der Waals surface area contributed by atoms with Crippen molar-refractivity contribution in [3.63, 3.8) is 0 Å². The van der Waals surface area contributed by atoms with Crippen molar-refractivity contribution in [2.45, 2.75) is 6.18 Å². The Labute approximate surface area is 141 Å². The quantitative estimate of drug-likeness (QED) is 0.701. The number of rotatable bonds is 4. The molecule has 128 valence electrons. The molecule has 0 aliphatic rings. The molecule has 0 aliphatic heterocycles. The predicted molar refractivity (Wildman–Crippen MR) is 90.0 cm³/mol. The van der Waals surface area contributed by atoms with Crippen LogP contribution in [0.25, 0.3) is 16.9 Å². The lowest BCUT2D eigenvalue weighted by atomic mass is 10.1. The van der Waals surface area contributed by atoms with Gasteiger partial charge in [0.25, 0.3) is 0 Å². The Balaban J connectivity index is 1.77. The van der Waals surface area contributed by atoms with E-state index >= 15 is 0 Å². The maximum absolute atomic E-state index is 12.5. The first-order valence-electron chi connectivity index (χ1n) is 7.25. The second-order valence-electron chi connectivity index (χ2n) is 5.32. The highest BCUT2D eigenvalue weighted by atomic mass is 19.4. The number of aromatic nitrogens is 3. The van der Waals surface area contributed by atoms with Crippen LogP contribution in [0.4, 0.5) is 24.5 Å². The summed E-state index contributed by atoms with van der Waals surface area (Å²) in [7, 11) is 0. The Kier molecular flexibility index (Phi) is 4.18. The molecule has 0 fully saturated rings. The van der Waals surface area contributed by atoms with Gasteiger partial charge in [-0.1, -0.05) is 23.9 Å². The van der Waals surface area contributed by atoms with Crippen LogP contribution in [-0.2, 0) is 0 Å². The molecule has 8 heteroatoms. The molecule has 0 bridgehead atoms. The van der Waals surface area contributed by atoms with E-state index in [4.69, 9.17) is 5.73 Å². The normalized spacial score (nSPS) is 11.3. The molecular formula is C17H14F3N5. The molecule has 0 saturated carbocycles. The summed E-state index contributed by atoms with van der Waals surface area (Å²) in [6.45, 7) is 2.97.